The van der Waals surface area contributed by atoms with Gasteiger partial charge in [-0.3, -0.25) is 0 Å². The topological polar surface area (TPSA) is 24.9 Å². The van der Waals surface area contributed by atoms with Gasteiger partial charge in [0.25, 0.3) is 0 Å². The number of nitrogens with zero attached hydrogens (tertiary/aromatic N) is 1. The Balaban J connectivity index is 2.27. The van der Waals surface area contributed by atoms with Gasteiger partial charge in [-0.15, -0.1) is 11.3 Å². The maximum atomic E-state index is 4.74. The third-order valence-electron chi connectivity index (χ3n) is 3.56. The highest BCUT2D eigenvalue weighted by molar-refractivity contribution is 7.15. The van der Waals surface area contributed by atoms with Crippen molar-refractivity contribution in [2.45, 2.75) is 46.6 Å². The van der Waals surface area contributed by atoms with Crippen LogP contribution in [0.25, 0.3) is 10.6 Å². The molecule has 1 aromatic heterocycles. The fraction of sp³-hybridized carbons (Fsp3) is 0.471. The fourth-order valence-electron chi connectivity index (χ4n) is 2.34. The fourth-order valence-corrected chi connectivity index (χ4v) is 3.44. The number of hydrogen-bond donors (Lipinski definition) is 1. The van der Waals surface area contributed by atoms with Gasteiger partial charge in [0.15, 0.2) is 0 Å². The smallest absolute Gasteiger partial charge is 0.123 e. The van der Waals surface area contributed by atoms with Gasteiger partial charge in [0.05, 0.1) is 5.69 Å². The van der Waals surface area contributed by atoms with Crippen LogP contribution in [0.15, 0.2) is 24.3 Å². The van der Waals surface area contributed by atoms with Crippen LogP contribution < -0.4 is 5.32 Å². The Morgan fingerprint density at radius 1 is 1.15 bits per heavy atom. The molecule has 1 heterocycles. The molecule has 0 saturated carbocycles. The van der Waals surface area contributed by atoms with E-state index in [0.29, 0.717) is 12.0 Å². The molecule has 0 spiro atoms. The quantitative estimate of drug-likeness (QED) is 0.845. The molecule has 1 atom stereocenters. The van der Waals surface area contributed by atoms with E-state index in [1.54, 1.807) is 11.3 Å². The van der Waals surface area contributed by atoms with Crippen LogP contribution in [0.3, 0.4) is 0 Å². The van der Waals surface area contributed by atoms with E-state index in [-0.39, 0.29) is 0 Å². The van der Waals surface area contributed by atoms with Crippen LogP contribution in [0, 0.1) is 6.92 Å². The molecule has 20 heavy (non-hydrogen) atoms. The Morgan fingerprint density at radius 2 is 1.80 bits per heavy atom. The summed E-state index contributed by atoms with van der Waals surface area (Å²) in [5.74, 6) is 0.575. The van der Waals surface area contributed by atoms with Crippen LogP contribution in [-0.2, 0) is 0 Å². The number of aromatic nitrogens is 1. The molecule has 1 unspecified atom stereocenters. The van der Waals surface area contributed by atoms with Gasteiger partial charge < -0.3 is 5.32 Å². The average molecular weight is 288 g/mol. The molecule has 2 aromatic rings. The van der Waals surface area contributed by atoms with Gasteiger partial charge in [-0.2, -0.15) is 0 Å². The molecule has 0 saturated heterocycles. The predicted molar refractivity (Wildman–Crippen MR) is 88.5 cm³/mol. The molecule has 3 heteroatoms. The lowest BCUT2D eigenvalue weighted by Gasteiger charge is -2.10. The zero-order valence-electron chi connectivity index (χ0n) is 13.0. The van der Waals surface area contributed by atoms with Crippen LogP contribution in [0.2, 0.25) is 0 Å². The zero-order valence-corrected chi connectivity index (χ0v) is 13.8. The van der Waals surface area contributed by atoms with E-state index in [1.165, 1.54) is 16.0 Å². The number of hydrogen-bond acceptors (Lipinski definition) is 3. The Kier molecular flexibility index (Phi) is 4.95. The van der Waals surface area contributed by atoms with E-state index in [0.717, 1.165) is 17.2 Å². The molecule has 0 aliphatic carbocycles. The van der Waals surface area contributed by atoms with Crippen LogP contribution in [-0.4, -0.2) is 11.5 Å². The van der Waals surface area contributed by atoms with Crippen LogP contribution >= 0.6 is 11.3 Å². The summed E-state index contributed by atoms with van der Waals surface area (Å²) in [6.07, 6.45) is 0. The summed E-state index contributed by atoms with van der Waals surface area (Å²) in [6, 6.07) is 9.18. The predicted octanol–water partition coefficient (Wildman–Crippen LogP) is 4.91. The maximum absolute atomic E-state index is 4.74. The largest absolute Gasteiger partial charge is 0.310 e. The Bertz CT molecular complexity index is 555. The first kappa shape index (κ1) is 15.2. The van der Waals surface area contributed by atoms with E-state index in [1.807, 2.05) is 0 Å². The molecule has 1 aromatic carbocycles. The van der Waals surface area contributed by atoms with Crippen molar-refractivity contribution in [2.24, 2.45) is 0 Å². The minimum Gasteiger partial charge on any atom is -0.310 e. The Labute approximate surface area is 126 Å². The average Bonchev–Trinajstić information content (AvgIpc) is 2.81. The van der Waals surface area contributed by atoms with Crippen molar-refractivity contribution in [3.8, 4) is 10.6 Å². The highest BCUT2D eigenvalue weighted by Crippen LogP contribution is 2.32. The van der Waals surface area contributed by atoms with Gasteiger partial charge in [0, 0.05) is 16.5 Å². The van der Waals surface area contributed by atoms with E-state index in [9.17, 15) is 0 Å². The summed E-state index contributed by atoms with van der Waals surface area (Å²) in [4.78, 5) is 6.08. The lowest BCUT2D eigenvalue weighted by molar-refractivity contribution is 0.603. The monoisotopic (exact) mass is 288 g/mol. The molecule has 1 N–H and O–H groups in total. The Hall–Kier alpha value is -1.19. The van der Waals surface area contributed by atoms with Crippen LogP contribution in [0.1, 0.15) is 55.8 Å². The molecule has 0 bridgehead atoms. The number of rotatable bonds is 5. The SMILES string of the molecule is CCNC(C)c1sc(-c2ccc(C(C)C)cc2)nc1C. The number of nitrogens with one attached hydrogen (secondary N) is 1. The van der Waals surface area contributed by atoms with Crippen LogP contribution in [0.5, 0.6) is 0 Å². The normalized spacial score (nSPS) is 12.9. The van der Waals surface area contributed by atoms with E-state index >= 15 is 0 Å². The Morgan fingerprint density at radius 3 is 2.35 bits per heavy atom. The zero-order chi connectivity index (χ0) is 14.7. The van der Waals surface area contributed by atoms with E-state index in [2.05, 4.69) is 64.2 Å². The molecule has 2 nitrogen and oxygen atoms in total. The molecule has 2 rings (SSSR count). The molecule has 0 aliphatic rings. The minimum absolute atomic E-state index is 0.376. The number of aryl methyl sites for hydroxylation is 1. The van der Waals surface area contributed by atoms with Crippen molar-refractivity contribution in [1.82, 2.24) is 10.3 Å². The lowest BCUT2D eigenvalue weighted by atomic mass is 10.0. The molecule has 0 fully saturated rings. The highest BCUT2D eigenvalue weighted by Gasteiger charge is 2.14. The van der Waals surface area contributed by atoms with Crippen molar-refractivity contribution >= 4 is 11.3 Å². The summed E-state index contributed by atoms with van der Waals surface area (Å²) in [6.45, 7) is 11.9. The highest BCUT2D eigenvalue weighted by atomic mass is 32.1. The van der Waals surface area contributed by atoms with Gasteiger partial charge in [0.2, 0.25) is 0 Å². The first-order valence-corrected chi connectivity index (χ1v) is 8.15. The van der Waals surface area contributed by atoms with E-state index in [4.69, 9.17) is 4.98 Å². The molecule has 0 radical (unpaired) electrons. The molecular formula is C17H24N2S. The van der Waals surface area contributed by atoms with Crippen molar-refractivity contribution in [3.63, 3.8) is 0 Å². The molecule has 108 valence electrons. The van der Waals surface area contributed by atoms with Gasteiger partial charge >= 0.3 is 0 Å². The van der Waals surface area contributed by atoms with Crippen molar-refractivity contribution < 1.29 is 0 Å². The molecule has 0 aliphatic heterocycles. The third kappa shape index (κ3) is 3.28. The number of thiazole rings is 1. The second-order valence-electron chi connectivity index (χ2n) is 5.52. The summed E-state index contributed by atoms with van der Waals surface area (Å²) in [5.41, 5.74) is 3.74. The van der Waals surface area contributed by atoms with Crippen molar-refractivity contribution in [1.29, 1.82) is 0 Å². The van der Waals surface area contributed by atoms with Crippen molar-refractivity contribution in [2.75, 3.05) is 6.54 Å². The first-order chi connectivity index (χ1) is 9.52. The third-order valence-corrected chi connectivity index (χ3v) is 4.95. The number of benzene rings is 1. The van der Waals surface area contributed by atoms with Gasteiger partial charge in [-0.1, -0.05) is 45.0 Å². The maximum Gasteiger partial charge on any atom is 0.123 e. The summed E-state index contributed by atoms with van der Waals surface area (Å²) < 4.78 is 0. The van der Waals surface area contributed by atoms with Gasteiger partial charge in [-0.25, -0.2) is 4.98 Å². The first-order valence-electron chi connectivity index (χ1n) is 7.34. The summed E-state index contributed by atoms with van der Waals surface area (Å²) in [7, 11) is 0. The molecular weight excluding hydrogens is 264 g/mol. The van der Waals surface area contributed by atoms with Gasteiger partial charge in [-0.05, 0) is 31.9 Å². The second-order valence-corrected chi connectivity index (χ2v) is 6.56. The summed E-state index contributed by atoms with van der Waals surface area (Å²) in [5, 5.41) is 4.58. The lowest BCUT2D eigenvalue weighted by Crippen LogP contribution is -2.17. The standard InChI is InChI=1S/C17H24N2S/c1-6-18-12(4)16-13(5)19-17(20-16)15-9-7-14(8-10-15)11(2)3/h7-12,18H,6H2,1-5H3. The van der Waals surface area contributed by atoms with Gasteiger partial charge in [0.1, 0.15) is 5.01 Å². The summed E-state index contributed by atoms with van der Waals surface area (Å²) >= 11 is 1.80. The van der Waals surface area contributed by atoms with E-state index < -0.39 is 0 Å². The van der Waals surface area contributed by atoms with Crippen molar-refractivity contribution in [3.05, 3.63) is 40.4 Å². The minimum atomic E-state index is 0.376. The molecule has 0 amide bonds. The second kappa shape index (κ2) is 6.51. The van der Waals surface area contributed by atoms with Crippen LogP contribution in [0.4, 0.5) is 0 Å².